The van der Waals surface area contributed by atoms with Gasteiger partial charge in [0.15, 0.2) is 0 Å². The second kappa shape index (κ2) is 24.8. The zero-order chi connectivity index (χ0) is 37.4. The van der Waals surface area contributed by atoms with E-state index in [1.54, 1.807) is 30.6 Å². The van der Waals surface area contributed by atoms with E-state index in [4.69, 9.17) is 23.9 Å². The first-order chi connectivity index (χ1) is 26.2. The van der Waals surface area contributed by atoms with Gasteiger partial charge in [0, 0.05) is 24.3 Å². The van der Waals surface area contributed by atoms with Crippen LogP contribution in [0.2, 0.25) is 0 Å². The molecule has 6 heteroatoms. The molecule has 1 aromatic heterocycles. The van der Waals surface area contributed by atoms with Gasteiger partial charge < -0.3 is 23.9 Å². The molecule has 0 saturated heterocycles. The molecule has 0 radical (unpaired) electrons. The first-order valence-corrected chi connectivity index (χ1v) is 19.8. The van der Waals surface area contributed by atoms with Crippen LogP contribution in [0.5, 0.6) is 11.5 Å². The molecule has 0 aliphatic rings. The van der Waals surface area contributed by atoms with E-state index in [1.807, 2.05) is 0 Å². The first-order valence-electron chi connectivity index (χ1n) is 19.8. The van der Waals surface area contributed by atoms with E-state index in [9.17, 15) is 0 Å². The van der Waals surface area contributed by atoms with Crippen LogP contribution in [0.3, 0.4) is 0 Å². The van der Waals surface area contributed by atoms with Gasteiger partial charge in [-0.3, -0.25) is 0 Å². The highest BCUT2D eigenvalue weighted by Gasteiger charge is 2.12. The standard InChI is InChI=1S/C47H62N2O4/c1-5-40(6-2)50-33-19-15-11-9-13-17-21-35-52-42-27-23-38(24-28-42)44-31-32-45(47-46(44)48-37-49-47)39-25-29-43(30-26-39)53-36-22-18-14-10-12-16-20-34-51-41(7-3)8-4/h5-8,23-32,37,40-41H,1-4,9-22,33-36H2,(H,48,49). The Hall–Kier alpha value is -4.39. The minimum Gasteiger partial charge on any atom is -0.494 e. The maximum Gasteiger partial charge on any atom is 0.119 e. The summed E-state index contributed by atoms with van der Waals surface area (Å²) in [6.07, 6.45) is 25.5. The van der Waals surface area contributed by atoms with Crippen molar-refractivity contribution < 1.29 is 18.9 Å². The molecule has 0 bridgehead atoms. The predicted octanol–water partition coefficient (Wildman–Crippen LogP) is 12.6. The molecule has 3 aromatic carbocycles. The summed E-state index contributed by atoms with van der Waals surface area (Å²) in [5.41, 5.74) is 6.47. The van der Waals surface area contributed by atoms with E-state index in [2.05, 4.69) is 92.0 Å². The van der Waals surface area contributed by atoms with Gasteiger partial charge in [0.1, 0.15) is 11.5 Å². The number of imidazole rings is 1. The zero-order valence-electron chi connectivity index (χ0n) is 32.0. The number of ether oxygens (including phenoxy) is 4. The maximum absolute atomic E-state index is 6.06. The van der Waals surface area contributed by atoms with Gasteiger partial charge in [-0.1, -0.05) is 125 Å². The Morgan fingerprint density at radius 2 is 0.849 bits per heavy atom. The van der Waals surface area contributed by atoms with Crippen LogP contribution in [0, 0.1) is 0 Å². The molecule has 1 heterocycles. The van der Waals surface area contributed by atoms with Crippen LogP contribution in [-0.4, -0.2) is 48.6 Å². The van der Waals surface area contributed by atoms with Crippen LogP contribution in [0.4, 0.5) is 0 Å². The van der Waals surface area contributed by atoms with E-state index in [1.165, 1.54) is 64.2 Å². The normalized spacial score (nSPS) is 11.3. The molecule has 4 aromatic rings. The molecule has 0 aliphatic heterocycles. The summed E-state index contributed by atoms with van der Waals surface area (Å²) < 4.78 is 23.5. The Kier molecular flexibility index (Phi) is 19.3. The van der Waals surface area contributed by atoms with Crippen LogP contribution in [0.25, 0.3) is 33.3 Å². The summed E-state index contributed by atoms with van der Waals surface area (Å²) in [5, 5.41) is 0. The predicted molar refractivity (Wildman–Crippen MR) is 223 cm³/mol. The zero-order valence-corrected chi connectivity index (χ0v) is 32.0. The number of hydrogen-bond donors (Lipinski definition) is 1. The molecule has 0 amide bonds. The second-order valence-corrected chi connectivity index (χ2v) is 13.6. The van der Waals surface area contributed by atoms with Gasteiger partial charge in [0.05, 0.1) is 42.8 Å². The van der Waals surface area contributed by atoms with Crippen molar-refractivity contribution in [3.63, 3.8) is 0 Å². The number of aromatic nitrogens is 2. The van der Waals surface area contributed by atoms with Crippen LogP contribution in [0.1, 0.15) is 89.9 Å². The summed E-state index contributed by atoms with van der Waals surface area (Å²) >= 11 is 0. The van der Waals surface area contributed by atoms with Gasteiger partial charge in [-0.05, 0) is 61.1 Å². The third-order valence-electron chi connectivity index (χ3n) is 9.58. The number of aromatic amines is 1. The molecule has 0 fully saturated rings. The van der Waals surface area contributed by atoms with Crippen molar-refractivity contribution in [1.82, 2.24) is 9.97 Å². The molecule has 284 valence electrons. The van der Waals surface area contributed by atoms with Gasteiger partial charge >= 0.3 is 0 Å². The molecule has 53 heavy (non-hydrogen) atoms. The number of rotatable bonds is 30. The summed E-state index contributed by atoms with van der Waals surface area (Å²) in [5.74, 6) is 1.81. The van der Waals surface area contributed by atoms with E-state index < -0.39 is 0 Å². The lowest BCUT2D eigenvalue weighted by Crippen LogP contribution is -2.06. The van der Waals surface area contributed by atoms with E-state index in [0.717, 1.165) is 96.9 Å². The monoisotopic (exact) mass is 718 g/mol. The molecule has 0 unspecified atom stereocenters. The number of unbranched alkanes of at least 4 members (excludes halogenated alkanes) is 12. The number of nitrogens with one attached hydrogen (secondary N) is 1. The molecule has 6 nitrogen and oxygen atoms in total. The Labute approximate surface area is 319 Å². The lowest BCUT2D eigenvalue weighted by molar-refractivity contribution is 0.111. The molecule has 0 aliphatic carbocycles. The minimum atomic E-state index is -0.0283. The SMILES string of the molecule is C=CC(C=C)OCCCCCCCCCOc1ccc(-c2ccc(-c3ccc(OCCCCCCCCCOC(C=C)C=C)cc3)c3[nH]cnc23)cc1. The van der Waals surface area contributed by atoms with Crippen molar-refractivity contribution in [3.05, 3.63) is 118 Å². The van der Waals surface area contributed by atoms with Gasteiger partial charge in [-0.2, -0.15) is 0 Å². The smallest absolute Gasteiger partial charge is 0.119 e. The maximum atomic E-state index is 6.06. The number of fused-ring (bicyclic) bond motifs is 1. The van der Waals surface area contributed by atoms with E-state index in [0.29, 0.717) is 0 Å². The third-order valence-corrected chi connectivity index (χ3v) is 9.58. The molecule has 4 rings (SSSR count). The highest BCUT2D eigenvalue weighted by molar-refractivity contribution is 6.00. The highest BCUT2D eigenvalue weighted by Crippen LogP contribution is 2.35. The molecule has 0 saturated carbocycles. The third kappa shape index (κ3) is 14.5. The Bertz CT molecular complexity index is 1490. The lowest BCUT2D eigenvalue weighted by atomic mass is 9.98. The first kappa shape index (κ1) is 41.4. The van der Waals surface area contributed by atoms with Crippen LogP contribution in [-0.2, 0) is 9.47 Å². The number of benzene rings is 3. The van der Waals surface area contributed by atoms with Gasteiger partial charge in [-0.15, -0.1) is 26.3 Å². The molecule has 1 N–H and O–H groups in total. The van der Waals surface area contributed by atoms with Crippen LogP contribution in [0.15, 0.2) is 118 Å². The summed E-state index contributed by atoms with van der Waals surface area (Å²) in [4.78, 5) is 8.09. The van der Waals surface area contributed by atoms with Crippen molar-refractivity contribution in [2.24, 2.45) is 0 Å². The van der Waals surface area contributed by atoms with Crippen molar-refractivity contribution >= 4 is 11.0 Å². The summed E-state index contributed by atoms with van der Waals surface area (Å²) in [6.45, 7) is 18.1. The van der Waals surface area contributed by atoms with Crippen LogP contribution >= 0.6 is 0 Å². The highest BCUT2D eigenvalue weighted by atomic mass is 16.5. The average molecular weight is 719 g/mol. The quantitative estimate of drug-likeness (QED) is 0.0429. The topological polar surface area (TPSA) is 65.6 Å². The van der Waals surface area contributed by atoms with Gasteiger partial charge in [0.25, 0.3) is 0 Å². The fraction of sp³-hybridized carbons (Fsp3) is 0.426. The average Bonchev–Trinajstić information content (AvgIpc) is 3.70. The fourth-order valence-corrected chi connectivity index (χ4v) is 6.43. The lowest BCUT2D eigenvalue weighted by Gasteiger charge is -2.11. The number of nitrogens with zero attached hydrogens (tertiary/aromatic N) is 1. The van der Waals surface area contributed by atoms with Gasteiger partial charge in [-0.25, -0.2) is 4.98 Å². The summed E-state index contributed by atoms with van der Waals surface area (Å²) in [6, 6.07) is 21.1. The van der Waals surface area contributed by atoms with E-state index >= 15 is 0 Å². The molecular weight excluding hydrogens is 657 g/mol. The van der Waals surface area contributed by atoms with Gasteiger partial charge in [0.2, 0.25) is 0 Å². The Morgan fingerprint density at radius 3 is 1.28 bits per heavy atom. The fourth-order valence-electron chi connectivity index (χ4n) is 6.43. The van der Waals surface area contributed by atoms with Crippen molar-refractivity contribution in [3.8, 4) is 33.8 Å². The minimum absolute atomic E-state index is 0.0282. The van der Waals surface area contributed by atoms with Crippen molar-refractivity contribution in [2.45, 2.75) is 102 Å². The van der Waals surface area contributed by atoms with Crippen LogP contribution < -0.4 is 9.47 Å². The van der Waals surface area contributed by atoms with Crippen molar-refractivity contribution in [1.29, 1.82) is 0 Å². The second-order valence-electron chi connectivity index (χ2n) is 13.6. The molecular formula is C47H62N2O4. The van der Waals surface area contributed by atoms with Crippen molar-refractivity contribution in [2.75, 3.05) is 26.4 Å². The number of H-pyrrole nitrogens is 1. The van der Waals surface area contributed by atoms with E-state index in [-0.39, 0.29) is 12.2 Å². The molecule has 0 atom stereocenters. The Balaban J connectivity index is 1.12. The Morgan fingerprint density at radius 1 is 0.472 bits per heavy atom. The largest absolute Gasteiger partial charge is 0.494 e. The summed E-state index contributed by atoms with van der Waals surface area (Å²) in [7, 11) is 0. The number of hydrogen-bond acceptors (Lipinski definition) is 5. The molecule has 0 spiro atoms.